The van der Waals surface area contributed by atoms with Crippen LogP contribution in [-0.2, 0) is 4.74 Å². The SMILES string of the molecule is Brc1ccccc1C1COC(C2CCCN2)=N1. The van der Waals surface area contributed by atoms with Crippen molar-refractivity contribution in [2.24, 2.45) is 4.99 Å². The summed E-state index contributed by atoms with van der Waals surface area (Å²) < 4.78 is 6.83. The summed E-state index contributed by atoms with van der Waals surface area (Å²) in [7, 11) is 0. The van der Waals surface area contributed by atoms with Crippen LogP contribution >= 0.6 is 15.9 Å². The number of hydrogen-bond acceptors (Lipinski definition) is 3. The van der Waals surface area contributed by atoms with E-state index in [1.807, 2.05) is 12.1 Å². The smallest absolute Gasteiger partial charge is 0.201 e. The minimum atomic E-state index is 0.142. The van der Waals surface area contributed by atoms with Gasteiger partial charge in [-0.25, -0.2) is 4.99 Å². The molecule has 0 saturated carbocycles. The number of halogens is 1. The van der Waals surface area contributed by atoms with Gasteiger partial charge in [-0.3, -0.25) is 0 Å². The van der Waals surface area contributed by atoms with E-state index in [1.165, 1.54) is 12.0 Å². The number of aliphatic imine (C=N–C) groups is 1. The van der Waals surface area contributed by atoms with E-state index < -0.39 is 0 Å². The van der Waals surface area contributed by atoms with Crippen molar-refractivity contribution in [1.29, 1.82) is 0 Å². The highest BCUT2D eigenvalue weighted by Gasteiger charge is 2.29. The molecule has 0 radical (unpaired) electrons. The molecule has 3 nitrogen and oxygen atoms in total. The van der Waals surface area contributed by atoms with Crippen LogP contribution in [-0.4, -0.2) is 25.1 Å². The Morgan fingerprint density at radius 1 is 1.35 bits per heavy atom. The van der Waals surface area contributed by atoms with E-state index in [0.29, 0.717) is 12.6 Å². The van der Waals surface area contributed by atoms with Crippen molar-refractivity contribution < 1.29 is 4.74 Å². The molecule has 1 fully saturated rings. The summed E-state index contributed by atoms with van der Waals surface area (Å²) >= 11 is 3.57. The van der Waals surface area contributed by atoms with E-state index in [2.05, 4.69) is 33.4 Å². The van der Waals surface area contributed by atoms with Gasteiger partial charge in [-0.05, 0) is 31.0 Å². The zero-order valence-electron chi connectivity index (χ0n) is 9.53. The van der Waals surface area contributed by atoms with Crippen LogP contribution < -0.4 is 5.32 Å². The van der Waals surface area contributed by atoms with E-state index in [4.69, 9.17) is 9.73 Å². The van der Waals surface area contributed by atoms with Crippen LogP contribution in [0.3, 0.4) is 0 Å². The van der Waals surface area contributed by atoms with Crippen LogP contribution in [0.25, 0.3) is 0 Å². The topological polar surface area (TPSA) is 33.6 Å². The van der Waals surface area contributed by atoms with Crippen LogP contribution in [0.1, 0.15) is 24.4 Å². The Morgan fingerprint density at radius 2 is 2.24 bits per heavy atom. The maximum absolute atomic E-state index is 5.73. The van der Waals surface area contributed by atoms with Gasteiger partial charge in [-0.2, -0.15) is 0 Å². The lowest BCUT2D eigenvalue weighted by Crippen LogP contribution is -2.30. The molecule has 90 valence electrons. The maximum atomic E-state index is 5.73. The zero-order chi connectivity index (χ0) is 11.7. The van der Waals surface area contributed by atoms with Gasteiger partial charge in [0.15, 0.2) is 0 Å². The van der Waals surface area contributed by atoms with Crippen molar-refractivity contribution >= 4 is 21.8 Å². The number of rotatable bonds is 2. The van der Waals surface area contributed by atoms with Crippen LogP contribution in [0.4, 0.5) is 0 Å². The number of hydrogen-bond donors (Lipinski definition) is 1. The fraction of sp³-hybridized carbons (Fsp3) is 0.462. The number of benzene rings is 1. The van der Waals surface area contributed by atoms with Gasteiger partial charge in [0.25, 0.3) is 0 Å². The predicted molar refractivity (Wildman–Crippen MR) is 71.3 cm³/mol. The summed E-state index contributed by atoms with van der Waals surface area (Å²) in [5.74, 6) is 0.892. The molecule has 4 heteroatoms. The van der Waals surface area contributed by atoms with Crippen molar-refractivity contribution in [3.63, 3.8) is 0 Å². The van der Waals surface area contributed by atoms with Gasteiger partial charge in [0.1, 0.15) is 12.6 Å². The molecule has 0 spiro atoms. The van der Waals surface area contributed by atoms with E-state index in [9.17, 15) is 0 Å². The molecule has 2 atom stereocenters. The lowest BCUT2D eigenvalue weighted by molar-refractivity contribution is 0.304. The molecule has 3 rings (SSSR count). The van der Waals surface area contributed by atoms with Crippen LogP contribution in [0, 0.1) is 0 Å². The molecule has 1 N–H and O–H groups in total. The average Bonchev–Trinajstić information content (AvgIpc) is 3.00. The molecule has 2 aliphatic heterocycles. The quantitative estimate of drug-likeness (QED) is 0.910. The van der Waals surface area contributed by atoms with Crippen molar-refractivity contribution in [2.75, 3.05) is 13.2 Å². The molecule has 2 unspecified atom stereocenters. The second-order valence-electron chi connectivity index (χ2n) is 4.46. The number of nitrogens with zero attached hydrogens (tertiary/aromatic N) is 1. The summed E-state index contributed by atoms with van der Waals surface area (Å²) in [6, 6.07) is 8.70. The van der Waals surface area contributed by atoms with E-state index >= 15 is 0 Å². The van der Waals surface area contributed by atoms with Gasteiger partial charge in [0.05, 0.1) is 6.04 Å². The van der Waals surface area contributed by atoms with Crippen molar-refractivity contribution in [3.8, 4) is 0 Å². The van der Waals surface area contributed by atoms with Gasteiger partial charge in [-0.15, -0.1) is 0 Å². The molecule has 1 saturated heterocycles. The minimum absolute atomic E-state index is 0.142. The summed E-state index contributed by atoms with van der Waals surface area (Å²) in [5, 5.41) is 3.42. The fourth-order valence-corrected chi connectivity index (χ4v) is 2.93. The Hall–Kier alpha value is -0.870. The second kappa shape index (κ2) is 4.78. The van der Waals surface area contributed by atoms with Gasteiger partial charge in [0, 0.05) is 4.47 Å². The lowest BCUT2D eigenvalue weighted by atomic mass is 10.1. The van der Waals surface area contributed by atoms with Crippen LogP contribution in [0.5, 0.6) is 0 Å². The molecule has 0 aromatic heterocycles. The third kappa shape index (κ3) is 2.24. The third-order valence-corrected chi connectivity index (χ3v) is 4.02. The molecule has 1 aromatic carbocycles. The van der Waals surface area contributed by atoms with Gasteiger partial charge in [-0.1, -0.05) is 34.1 Å². The molecule has 0 amide bonds. The molecule has 17 heavy (non-hydrogen) atoms. The first-order valence-electron chi connectivity index (χ1n) is 6.03. The largest absolute Gasteiger partial charge is 0.477 e. The first-order valence-corrected chi connectivity index (χ1v) is 6.82. The Kier molecular flexibility index (Phi) is 3.16. The Morgan fingerprint density at radius 3 is 3.00 bits per heavy atom. The van der Waals surface area contributed by atoms with E-state index in [0.717, 1.165) is 23.3 Å². The van der Waals surface area contributed by atoms with E-state index in [-0.39, 0.29) is 6.04 Å². The highest BCUT2D eigenvalue weighted by molar-refractivity contribution is 9.10. The van der Waals surface area contributed by atoms with Crippen molar-refractivity contribution in [3.05, 3.63) is 34.3 Å². The van der Waals surface area contributed by atoms with Gasteiger partial charge < -0.3 is 10.1 Å². The first-order chi connectivity index (χ1) is 8.34. The second-order valence-corrected chi connectivity index (χ2v) is 5.32. The molecular weight excluding hydrogens is 280 g/mol. The van der Waals surface area contributed by atoms with Gasteiger partial charge >= 0.3 is 0 Å². The maximum Gasteiger partial charge on any atom is 0.201 e. The predicted octanol–water partition coefficient (Wildman–Crippen LogP) is 2.67. The summed E-state index contributed by atoms with van der Waals surface area (Å²) in [6.45, 7) is 1.74. The van der Waals surface area contributed by atoms with Crippen molar-refractivity contribution in [2.45, 2.75) is 24.9 Å². The normalized spacial score (nSPS) is 27.9. The third-order valence-electron chi connectivity index (χ3n) is 3.29. The van der Waals surface area contributed by atoms with Crippen molar-refractivity contribution in [1.82, 2.24) is 5.32 Å². The summed E-state index contributed by atoms with van der Waals surface area (Å²) in [4.78, 5) is 4.70. The first kappa shape index (κ1) is 11.2. The zero-order valence-corrected chi connectivity index (χ0v) is 11.1. The Bertz CT molecular complexity index is 441. The molecule has 0 bridgehead atoms. The monoisotopic (exact) mass is 294 g/mol. The number of nitrogens with one attached hydrogen (secondary N) is 1. The number of ether oxygens (including phenoxy) is 1. The van der Waals surface area contributed by atoms with Crippen LogP contribution in [0.15, 0.2) is 33.7 Å². The minimum Gasteiger partial charge on any atom is -0.477 e. The summed E-state index contributed by atoms with van der Waals surface area (Å²) in [5.41, 5.74) is 1.21. The van der Waals surface area contributed by atoms with Crippen LogP contribution in [0.2, 0.25) is 0 Å². The highest BCUT2D eigenvalue weighted by Crippen LogP contribution is 2.30. The molecule has 2 heterocycles. The molecular formula is C13H15BrN2O. The Labute approximate surface area is 109 Å². The average molecular weight is 295 g/mol. The summed E-state index contributed by atoms with van der Waals surface area (Å²) in [6.07, 6.45) is 2.36. The molecule has 0 aliphatic carbocycles. The standard InChI is InChI=1S/C13H15BrN2O/c14-10-5-2-1-4-9(10)12-8-17-13(16-12)11-6-3-7-15-11/h1-2,4-5,11-12,15H,3,6-8H2. The molecule has 1 aromatic rings. The lowest BCUT2D eigenvalue weighted by Gasteiger charge is -2.08. The molecule has 2 aliphatic rings. The highest BCUT2D eigenvalue weighted by atomic mass is 79.9. The van der Waals surface area contributed by atoms with E-state index in [1.54, 1.807) is 0 Å². The van der Waals surface area contributed by atoms with Gasteiger partial charge in [0.2, 0.25) is 5.90 Å². The fourth-order valence-electron chi connectivity index (χ4n) is 2.38. The Balaban J connectivity index is 1.80.